The second kappa shape index (κ2) is 17.3. The van der Waals surface area contributed by atoms with Crippen molar-refractivity contribution in [1.82, 2.24) is 16.0 Å². The van der Waals surface area contributed by atoms with Crippen molar-refractivity contribution >= 4 is 41.5 Å². The average Bonchev–Trinajstić information content (AvgIpc) is 2.80. The van der Waals surface area contributed by atoms with Gasteiger partial charge in [-0.05, 0) is 39.0 Å². The lowest BCUT2D eigenvalue weighted by molar-refractivity contribution is -0.142. The summed E-state index contributed by atoms with van der Waals surface area (Å²) in [4.78, 5) is 67.8. The number of carboxylic acid groups (broad SMARTS) is 1. The van der Waals surface area contributed by atoms with E-state index in [0.29, 0.717) is 0 Å². The van der Waals surface area contributed by atoms with E-state index in [1.807, 2.05) is 0 Å². The van der Waals surface area contributed by atoms with Gasteiger partial charge in [0.25, 0.3) is 0 Å². The van der Waals surface area contributed by atoms with E-state index in [1.165, 1.54) is 6.92 Å². The van der Waals surface area contributed by atoms with E-state index in [0.717, 1.165) is 0 Å². The fraction of sp³-hybridized carbons (Fsp3) is 0.650. The van der Waals surface area contributed by atoms with Crippen LogP contribution in [0.4, 0.5) is 0 Å². The fourth-order valence-corrected chi connectivity index (χ4v) is 2.92. The number of aliphatic carboxylic acids is 1. The van der Waals surface area contributed by atoms with Crippen molar-refractivity contribution in [3.63, 3.8) is 0 Å². The molecule has 0 aromatic rings. The Balaban J connectivity index is 5.26. The summed E-state index contributed by atoms with van der Waals surface area (Å²) in [6.07, 6.45) is 0.525. The van der Waals surface area contributed by atoms with Crippen LogP contribution in [0.2, 0.25) is 0 Å². The van der Waals surface area contributed by atoms with Gasteiger partial charge in [0.15, 0.2) is 11.9 Å². The van der Waals surface area contributed by atoms with Crippen molar-refractivity contribution in [2.45, 2.75) is 69.6 Å². The summed E-state index contributed by atoms with van der Waals surface area (Å²) in [6, 6.07) is -4.60. The largest absolute Gasteiger partial charge is 0.480 e. The number of carbonyl (C=O) groups is 5. The molecule has 16 N–H and O–H groups in total. The highest BCUT2D eigenvalue weighted by molar-refractivity contribution is 5.94. The molecular weight excluding hydrogens is 490 g/mol. The second-order valence-corrected chi connectivity index (χ2v) is 8.20. The number of nitrogens with two attached hydrogens (primary N) is 6. The van der Waals surface area contributed by atoms with Gasteiger partial charge in [-0.1, -0.05) is 0 Å². The lowest BCUT2D eigenvalue weighted by Gasteiger charge is -2.23. The third kappa shape index (κ3) is 15.5. The minimum absolute atomic E-state index is 0.00884. The molecule has 0 saturated heterocycles. The molecule has 0 aliphatic rings. The van der Waals surface area contributed by atoms with Crippen molar-refractivity contribution in [2.75, 3.05) is 13.1 Å². The van der Waals surface area contributed by atoms with Gasteiger partial charge in [-0.25, -0.2) is 4.79 Å². The van der Waals surface area contributed by atoms with Crippen LogP contribution >= 0.6 is 0 Å². The van der Waals surface area contributed by atoms with Crippen LogP contribution in [0.5, 0.6) is 0 Å². The standard InChI is InChI=1S/C20H39N11O6/c1-10(29-16(34)11(21)6-7-14(22)32)15(33)30-12(4-2-8-27-19(23)24)17(35)31-13(18(36)37)5-3-9-28-20(25)26/h10-13H,2-9,21H2,1H3,(H2,22,32)(H,29,34)(H,30,33)(H,31,35)(H,36,37)(H4,23,24,27)(H4,25,26,28). The molecule has 0 saturated carbocycles. The van der Waals surface area contributed by atoms with Crippen LogP contribution in [0.1, 0.15) is 45.4 Å². The number of hydrogen-bond donors (Lipinski definition) is 10. The van der Waals surface area contributed by atoms with E-state index in [9.17, 15) is 29.1 Å². The number of carbonyl (C=O) groups excluding carboxylic acids is 4. The quantitative estimate of drug-likeness (QED) is 0.0456. The van der Waals surface area contributed by atoms with E-state index in [2.05, 4.69) is 25.9 Å². The fourth-order valence-electron chi connectivity index (χ4n) is 2.92. The summed E-state index contributed by atoms with van der Waals surface area (Å²) in [5.74, 6) is -4.38. The van der Waals surface area contributed by atoms with Crippen molar-refractivity contribution in [1.29, 1.82) is 0 Å². The molecular formula is C20H39N11O6. The maximum atomic E-state index is 12.9. The third-order valence-electron chi connectivity index (χ3n) is 4.93. The normalized spacial score (nSPS) is 13.7. The Morgan fingerprint density at radius 3 is 1.68 bits per heavy atom. The SMILES string of the molecule is CC(NC(=O)C(N)CCC(N)=O)C(=O)NC(CCCN=C(N)N)C(=O)NC(CCCN=C(N)N)C(=O)O. The lowest BCUT2D eigenvalue weighted by atomic mass is 10.1. The van der Waals surface area contributed by atoms with Gasteiger partial charge in [0.2, 0.25) is 23.6 Å². The number of nitrogens with zero attached hydrogens (tertiary/aromatic N) is 2. The first-order chi connectivity index (χ1) is 17.2. The first-order valence-corrected chi connectivity index (χ1v) is 11.5. The zero-order valence-corrected chi connectivity index (χ0v) is 20.8. The van der Waals surface area contributed by atoms with Gasteiger partial charge in [0, 0.05) is 19.5 Å². The molecule has 4 unspecified atom stereocenters. The van der Waals surface area contributed by atoms with Crippen LogP contribution in [0, 0.1) is 0 Å². The van der Waals surface area contributed by atoms with Gasteiger partial charge in [-0.3, -0.25) is 29.2 Å². The summed E-state index contributed by atoms with van der Waals surface area (Å²) in [7, 11) is 0. The van der Waals surface area contributed by atoms with Crippen LogP contribution in [-0.2, 0) is 24.0 Å². The van der Waals surface area contributed by atoms with Crippen LogP contribution in [0.3, 0.4) is 0 Å². The molecule has 0 aliphatic carbocycles. The number of primary amides is 1. The van der Waals surface area contributed by atoms with Crippen molar-refractivity contribution in [2.24, 2.45) is 44.4 Å². The highest BCUT2D eigenvalue weighted by Crippen LogP contribution is 2.04. The first kappa shape index (κ1) is 32.9. The molecule has 17 heteroatoms. The van der Waals surface area contributed by atoms with Crippen molar-refractivity contribution in [3.8, 4) is 0 Å². The monoisotopic (exact) mass is 529 g/mol. The van der Waals surface area contributed by atoms with Crippen LogP contribution in [0.25, 0.3) is 0 Å². The van der Waals surface area contributed by atoms with Crippen LogP contribution < -0.4 is 50.4 Å². The number of hydrogen-bond acceptors (Lipinski definition) is 8. The van der Waals surface area contributed by atoms with E-state index < -0.39 is 53.8 Å². The van der Waals surface area contributed by atoms with Crippen LogP contribution in [0.15, 0.2) is 9.98 Å². The van der Waals surface area contributed by atoms with Crippen molar-refractivity contribution < 1.29 is 29.1 Å². The molecule has 0 aliphatic heterocycles. The zero-order chi connectivity index (χ0) is 28.5. The highest BCUT2D eigenvalue weighted by Gasteiger charge is 2.28. The number of amides is 4. The molecule has 4 amide bonds. The van der Waals surface area contributed by atoms with Gasteiger partial charge in [-0.15, -0.1) is 0 Å². The molecule has 0 heterocycles. The van der Waals surface area contributed by atoms with Gasteiger partial charge in [-0.2, -0.15) is 0 Å². The topological polar surface area (TPSA) is 323 Å². The number of carboxylic acids is 1. The summed E-state index contributed by atoms with van der Waals surface area (Å²) in [5, 5.41) is 16.7. The number of aliphatic imine (C=N–C) groups is 2. The smallest absolute Gasteiger partial charge is 0.326 e. The molecule has 0 rings (SSSR count). The van der Waals surface area contributed by atoms with Gasteiger partial charge in [0.05, 0.1) is 6.04 Å². The van der Waals surface area contributed by atoms with E-state index >= 15 is 0 Å². The predicted molar refractivity (Wildman–Crippen MR) is 135 cm³/mol. The van der Waals surface area contributed by atoms with Gasteiger partial charge < -0.3 is 55.5 Å². The van der Waals surface area contributed by atoms with E-state index in [-0.39, 0.29) is 63.5 Å². The molecule has 17 nitrogen and oxygen atoms in total. The molecule has 0 radical (unpaired) electrons. The molecule has 0 fully saturated rings. The molecule has 0 spiro atoms. The maximum Gasteiger partial charge on any atom is 0.326 e. The van der Waals surface area contributed by atoms with E-state index in [4.69, 9.17) is 34.4 Å². The van der Waals surface area contributed by atoms with Gasteiger partial charge >= 0.3 is 5.97 Å². The molecule has 37 heavy (non-hydrogen) atoms. The Morgan fingerprint density at radius 2 is 1.22 bits per heavy atom. The summed E-state index contributed by atoms with van der Waals surface area (Å²) in [5.41, 5.74) is 31.8. The number of guanidine groups is 2. The second-order valence-electron chi connectivity index (χ2n) is 8.20. The van der Waals surface area contributed by atoms with Crippen molar-refractivity contribution in [3.05, 3.63) is 0 Å². The third-order valence-corrected chi connectivity index (χ3v) is 4.93. The molecule has 0 aromatic carbocycles. The molecule has 0 aromatic heterocycles. The van der Waals surface area contributed by atoms with Gasteiger partial charge in [0.1, 0.15) is 18.1 Å². The average molecular weight is 530 g/mol. The minimum atomic E-state index is -1.28. The lowest BCUT2D eigenvalue weighted by Crippen LogP contribution is -2.56. The Kier molecular flexibility index (Phi) is 15.4. The number of nitrogens with one attached hydrogen (secondary N) is 3. The minimum Gasteiger partial charge on any atom is -0.480 e. The number of rotatable bonds is 18. The maximum absolute atomic E-state index is 12.9. The van der Waals surface area contributed by atoms with E-state index in [1.54, 1.807) is 0 Å². The van der Waals surface area contributed by atoms with Crippen LogP contribution in [-0.4, -0.2) is 83.9 Å². The Hall–Kier alpha value is -4.15. The molecule has 210 valence electrons. The summed E-state index contributed by atoms with van der Waals surface area (Å²) in [6.45, 7) is 1.69. The predicted octanol–water partition coefficient (Wildman–Crippen LogP) is -4.75. The Labute approximate surface area is 214 Å². The highest BCUT2D eigenvalue weighted by atomic mass is 16.4. The Morgan fingerprint density at radius 1 is 0.730 bits per heavy atom. The zero-order valence-electron chi connectivity index (χ0n) is 20.8. The molecule has 0 bridgehead atoms. The molecule has 4 atom stereocenters. The summed E-state index contributed by atoms with van der Waals surface area (Å²) < 4.78 is 0. The Bertz CT molecular complexity index is 856. The summed E-state index contributed by atoms with van der Waals surface area (Å²) >= 11 is 0. The first-order valence-electron chi connectivity index (χ1n) is 11.5.